The lowest BCUT2D eigenvalue weighted by atomic mass is 10.1. The highest BCUT2D eigenvalue weighted by Gasteiger charge is 2.40. The fourth-order valence-electron chi connectivity index (χ4n) is 5.59. The van der Waals surface area contributed by atoms with E-state index in [1.165, 1.54) is 13.8 Å². The summed E-state index contributed by atoms with van der Waals surface area (Å²) in [5, 5.41) is 0. The molecule has 16 heteroatoms. The maximum absolute atomic E-state index is 12.9. The zero-order chi connectivity index (χ0) is 37.9. The van der Waals surface area contributed by atoms with Gasteiger partial charge in [-0.3, -0.25) is 48.2 Å². The Morgan fingerprint density at radius 3 is 1.15 bits per heavy atom. The third-order valence-corrected chi connectivity index (χ3v) is 8.72. The molecule has 0 radical (unpaired) electrons. The molecular weight excluding hydrogens is 680 g/mol. The van der Waals surface area contributed by atoms with Gasteiger partial charge in [-0.2, -0.15) is 0 Å². The second-order valence-corrected chi connectivity index (χ2v) is 12.5. The maximum atomic E-state index is 12.9. The van der Waals surface area contributed by atoms with Crippen LogP contribution in [0, 0.1) is 0 Å². The summed E-state index contributed by atoms with van der Waals surface area (Å²) in [6.45, 7) is 4.57. The molecule has 0 N–H and O–H groups in total. The van der Waals surface area contributed by atoms with Gasteiger partial charge in [-0.15, -0.1) is 0 Å². The van der Waals surface area contributed by atoms with Gasteiger partial charge in [0.2, 0.25) is 23.6 Å². The second kappa shape index (κ2) is 18.1. The van der Waals surface area contributed by atoms with Crippen LogP contribution in [0.3, 0.4) is 0 Å². The van der Waals surface area contributed by atoms with Crippen molar-refractivity contribution in [2.75, 3.05) is 39.6 Å². The highest BCUT2D eigenvalue weighted by atomic mass is 16.6. The number of nitrogens with zero attached hydrogens (tertiary/aromatic N) is 4. The molecule has 4 rings (SSSR count). The number of imide groups is 2. The number of carbonyl (C=O) groups is 8. The molecule has 2 aromatic carbocycles. The molecule has 0 aromatic heterocycles. The van der Waals surface area contributed by atoms with Crippen LogP contribution in [-0.4, -0.2) is 119 Å². The van der Waals surface area contributed by atoms with Crippen molar-refractivity contribution in [3.8, 4) is 11.5 Å². The van der Waals surface area contributed by atoms with Gasteiger partial charge >= 0.3 is 23.9 Å². The molecule has 0 aliphatic carbocycles. The number of hydrogen-bond acceptors (Lipinski definition) is 14. The number of rotatable bonds is 15. The van der Waals surface area contributed by atoms with Crippen molar-refractivity contribution in [1.29, 1.82) is 0 Å². The summed E-state index contributed by atoms with van der Waals surface area (Å²) < 4.78 is 20.4. The molecule has 2 aromatic rings. The lowest BCUT2D eigenvalue weighted by molar-refractivity contribution is -0.169. The molecule has 2 fully saturated rings. The van der Waals surface area contributed by atoms with Gasteiger partial charge in [-0.1, -0.05) is 24.3 Å². The monoisotopic (exact) mass is 722 g/mol. The number of carbonyl (C=O) groups excluding carboxylic acids is 8. The Hall–Kier alpha value is -5.48. The lowest BCUT2D eigenvalue weighted by Gasteiger charge is -2.43. The molecule has 2 aliphatic heterocycles. The van der Waals surface area contributed by atoms with Crippen molar-refractivity contribution in [3.05, 3.63) is 59.7 Å². The number of ether oxygens (including phenoxy) is 4. The van der Waals surface area contributed by atoms with Gasteiger partial charge in [0.1, 0.15) is 11.5 Å². The van der Waals surface area contributed by atoms with Gasteiger partial charge in [0.25, 0.3) is 0 Å². The average Bonchev–Trinajstić information content (AvgIpc) is 3.09. The molecule has 0 spiro atoms. The van der Waals surface area contributed by atoms with E-state index >= 15 is 0 Å². The van der Waals surface area contributed by atoms with Crippen LogP contribution in [0.1, 0.15) is 51.7 Å². The Morgan fingerprint density at radius 2 is 0.865 bits per heavy atom. The molecule has 2 atom stereocenters. The van der Waals surface area contributed by atoms with E-state index in [1.54, 1.807) is 72.2 Å². The highest BCUT2D eigenvalue weighted by molar-refractivity contribution is 6.00. The van der Waals surface area contributed by atoms with E-state index in [0.717, 1.165) is 20.9 Å². The number of benzene rings is 2. The molecule has 0 bridgehead atoms. The number of esters is 4. The van der Waals surface area contributed by atoms with Crippen LogP contribution in [0.15, 0.2) is 48.5 Å². The summed E-state index contributed by atoms with van der Waals surface area (Å²) in [6.07, 6.45) is 0.693. The zero-order valence-corrected chi connectivity index (χ0v) is 29.5. The summed E-state index contributed by atoms with van der Waals surface area (Å²) >= 11 is 0. The second-order valence-electron chi connectivity index (χ2n) is 12.5. The fourth-order valence-corrected chi connectivity index (χ4v) is 5.59. The SMILES string of the molecule is CC(=O)Oc1ccc(CCC(=O)OCN2C(=O)CN(C(C)C(C)N3CC(=O)N(COC(=O)CCc4ccc(OC(C)=O)cc4)C(=O)C3)CC2=O)cc1. The van der Waals surface area contributed by atoms with Crippen molar-refractivity contribution < 1.29 is 57.3 Å². The van der Waals surface area contributed by atoms with E-state index in [0.29, 0.717) is 24.3 Å². The molecule has 0 saturated carbocycles. The first-order valence-electron chi connectivity index (χ1n) is 16.7. The molecule has 2 heterocycles. The van der Waals surface area contributed by atoms with Crippen molar-refractivity contribution in [1.82, 2.24) is 19.6 Å². The average molecular weight is 723 g/mol. The number of piperazine rings is 2. The van der Waals surface area contributed by atoms with E-state index in [-0.39, 0.29) is 39.0 Å². The van der Waals surface area contributed by atoms with E-state index in [2.05, 4.69) is 0 Å². The molecule has 2 aliphatic rings. The predicted octanol–water partition coefficient (Wildman–Crippen LogP) is 1.22. The maximum Gasteiger partial charge on any atom is 0.308 e. The molecule has 4 amide bonds. The van der Waals surface area contributed by atoms with Gasteiger partial charge in [0, 0.05) is 38.8 Å². The van der Waals surface area contributed by atoms with Crippen molar-refractivity contribution in [2.45, 2.75) is 65.5 Å². The quantitative estimate of drug-likeness (QED) is 0.145. The minimum absolute atomic E-state index is 0.00707. The smallest absolute Gasteiger partial charge is 0.308 e. The van der Waals surface area contributed by atoms with Crippen LogP contribution in [-0.2, 0) is 60.7 Å². The Bertz CT molecular complexity index is 1520. The van der Waals surface area contributed by atoms with Gasteiger partial charge in [-0.05, 0) is 62.1 Å². The van der Waals surface area contributed by atoms with Gasteiger partial charge < -0.3 is 18.9 Å². The summed E-state index contributed by atoms with van der Waals surface area (Å²) in [6, 6.07) is 12.5. The van der Waals surface area contributed by atoms with Gasteiger partial charge in [0.15, 0.2) is 13.5 Å². The van der Waals surface area contributed by atoms with E-state index in [9.17, 15) is 38.4 Å². The Morgan fingerprint density at radius 1 is 0.558 bits per heavy atom. The summed E-state index contributed by atoms with van der Waals surface area (Å²) in [5.41, 5.74) is 1.61. The van der Waals surface area contributed by atoms with Crippen LogP contribution in [0.5, 0.6) is 11.5 Å². The Balaban J connectivity index is 1.17. The highest BCUT2D eigenvalue weighted by Crippen LogP contribution is 2.19. The summed E-state index contributed by atoms with van der Waals surface area (Å²) in [7, 11) is 0. The van der Waals surface area contributed by atoms with E-state index in [1.807, 2.05) is 0 Å². The molecular formula is C36H42N4O12. The molecule has 52 heavy (non-hydrogen) atoms. The van der Waals surface area contributed by atoms with Crippen LogP contribution in [0.4, 0.5) is 0 Å². The number of amides is 4. The number of aryl methyl sites for hydroxylation is 2. The molecule has 278 valence electrons. The van der Waals surface area contributed by atoms with E-state index in [4.69, 9.17) is 18.9 Å². The fraction of sp³-hybridized carbons (Fsp3) is 0.444. The predicted molar refractivity (Wildman–Crippen MR) is 180 cm³/mol. The lowest BCUT2D eigenvalue weighted by Crippen LogP contribution is -2.63. The minimum atomic E-state index is -0.596. The first-order valence-corrected chi connectivity index (χ1v) is 16.7. The van der Waals surface area contributed by atoms with Gasteiger partial charge in [0.05, 0.1) is 26.2 Å². The number of hydrogen-bond donors (Lipinski definition) is 0. The summed E-state index contributed by atoms with van der Waals surface area (Å²) in [4.78, 5) is 104. The van der Waals surface area contributed by atoms with Crippen LogP contribution in [0.25, 0.3) is 0 Å². The largest absolute Gasteiger partial charge is 0.444 e. The Labute approximate surface area is 300 Å². The van der Waals surface area contributed by atoms with Crippen molar-refractivity contribution in [2.24, 2.45) is 0 Å². The third kappa shape index (κ3) is 11.3. The van der Waals surface area contributed by atoms with Crippen molar-refractivity contribution >= 4 is 47.5 Å². The zero-order valence-electron chi connectivity index (χ0n) is 29.5. The first kappa shape index (κ1) is 39.3. The van der Waals surface area contributed by atoms with Crippen molar-refractivity contribution in [3.63, 3.8) is 0 Å². The van der Waals surface area contributed by atoms with Crippen LogP contribution < -0.4 is 9.47 Å². The topological polar surface area (TPSA) is 186 Å². The standard InChI is InChI=1S/C36H42N4O12/c1-23(37-17-31(43)39(32(44)18-37)21-49-35(47)15-9-27-5-11-29(12-6-27)51-25(3)41)24(2)38-19-33(45)40(34(46)20-38)22-50-36(48)16-10-28-7-13-30(14-8-28)52-26(4)42/h5-8,11-14,23-24H,9-10,15-22H2,1-4H3. The normalized spacial score (nSPS) is 16.7. The molecule has 2 saturated heterocycles. The minimum Gasteiger partial charge on any atom is -0.444 e. The Kier molecular flexibility index (Phi) is 13.7. The van der Waals surface area contributed by atoms with Crippen LogP contribution >= 0.6 is 0 Å². The first-order chi connectivity index (χ1) is 24.7. The van der Waals surface area contributed by atoms with Crippen LogP contribution in [0.2, 0.25) is 0 Å². The third-order valence-electron chi connectivity index (χ3n) is 8.72. The molecule has 2 unspecified atom stereocenters. The van der Waals surface area contributed by atoms with Gasteiger partial charge in [-0.25, -0.2) is 9.80 Å². The summed E-state index contributed by atoms with van der Waals surface area (Å²) in [5.74, 6) is -3.52. The molecule has 16 nitrogen and oxygen atoms in total. The van der Waals surface area contributed by atoms with E-state index < -0.39 is 73.1 Å².